The van der Waals surface area contributed by atoms with Gasteiger partial charge in [0.25, 0.3) is 5.56 Å². The van der Waals surface area contributed by atoms with E-state index < -0.39 is 11.7 Å². The Balaban J connectivity index is 2.28. The number of amides is 1. The molecule has 0 unspecified atom stereocenters. The third kappa shape index (κ3) is 5.87. The minimum absolute atomic E-state index is 0.102. The van der Waals surface area contributed by atoms with E-state index in [1.54, 1.807) is 39.1 Å². The molecule has 0 aliphatic carbocycles. The number of nitrogens with zero attached hydrogens (tertiary/aromatic N) is 1. The third-order valence-electron chi connectivity index (χ3n) is 3.07. The molecule has 0 aliphatic heterocycles. The Morgan fingerprint density at radius 1 is 1.27 bits per heavy atom. The zero-order valence-electron chi connectivity index (χ0n) is 15.4. The molecule has 3 N–H and O–H groups in total. The Hall–Kier alpha value is -2.35. The summed E-state index contributed by atoms with van der Waals surface area (Å²) in [4.78, 5) is 31.1. The number of hydrogen-bond donors (Lipinski definition) is 3. The van der Waals surface area contributed by atoms with Gasteiger partial charge in [0.2, 0.25) is 0 Å². The number of H-pyrrole nitrogens is 1. The van der Waals surface area contributed by atoms with E-state index in [1.165, 1.54) is 0 Å². The van der Waals surface area contributed by atoms with Crippen LogP contribution in [-0.4, -0.2) is 27.7 Å². The predicted octanol–water partition coefficient (Wildman–Crippen LogP) is 4.37. The lowest BCUT2D eigenvalue weighted by atomic mass is 10.1. The van der Waals surface area contributed by atoms with Crippen molar-refractivity contribution in [3.63, 3.8) is 0 Å². The summed E-state index contributed by atoms with van der Waals surface area (Å²) in [7, 11) is 0. The lowest BCUT2D eigenvalue weighted by molar-refractivity contribution is 0.0636. The molecule has 8 heteroatoms. The monoisotopic (exact) mass is 422 g/mol. The van der Waals surface area contributed by atoms with Crippen LogP contribution in [0.5, 0.6) is 0 Å². The summed E-state index contributed by atoms with van der Waals surface area (Å²) in [6.07, 6.45) is 1.02. The molecule has 0 saturated heterocycles. The van der Waals surface area contributed by atoms with Crippen molar-refractivity contribution in [2.75, 3.05) is 10.6 Å². The first-order valence-corrected chi connectivity index (χ1v) is 8.99. The average Bonchev–Trinajstić information content (AvgIpc) is 2.46. The standard InChI is InChI=1S/C18H23BrN4O3/c1-10(2)21-15-16(24)23-14(9-20-15)11-6-12(19)8-13(7-11)22-17(25)26-18(3,4)5/h6-10H,1-5H3,(H,20,21)(H,22,25)(H,23,24). The van der Waals surface area contributed by atoms with Crippen LogP contribution in [0.4, 0.5) is 16.3 Å². The van der Waals surface area contributed by atoms with Gasteiger partial charge in [-0.2, -0.15) is 0 Å². The molecule has 1 aromatic carbocycles. The van der Waals surface area contributed by atoms with Crippen molar-refractivity contribution in [2.24, 2.45) is 0 Å². The number of hydrogen-bond acceptors (Lipinski definition) is 5. The first-order chi connectivity index (χ1) is 12.0. The van der Waals surface area contributed by atoms with E-state index in [-0.39, 0.29) is 17.4 Å². The molecule has 2 rings (SSSR count). The largest absolute Gasteiger partial charge is 0.444 e. The number of nitrogens with one attached hydrogen (secondary N) is 3. The number of ether oxygens (including phenoxy) is 1. The minimum Gasteiger partial charge on any atom is -0.444 e. The van der Waals surface area contributed by atoms with E-state index >= 15 is 0 Å². The molecule has 0 atom stereocenters. The molecule has 7 nitrogen and oxygen atoms in total. The van der Waals surface area contributed by atoms with Gasteiger partial charge in [-0.05, 0) is 52.8 Å². The summed E-state index contributed by atoms with van der Waals surface area (Å²) in [5.41, 5.74) is 0.878. The lowest BCUT2D eigenvalue weighted by Gasteiger charge is -2.20. The fraction of sp³-hybridized carbons (Fsp3) is 0.389. The molecule has 1 heterocycles. The van der Waals surface area contributed by atoms with Crippen molar-refractivity contribution < 1.29 is 9.53 Å². The first-order valence-electron chi connectivity index (χ1n) is 8.20. The van der Waals surface area contributed by atoms with E-state index in [9.17, 15) is 9.59 Å². The number of benzene rings is 1. The van der Waals surface area contributed by atoms with Gasteiger partial charge >= 0.3 is 6.09 Å². The number of aromatic amines is 1. The Bertz CT molecular complexity index is 856. The first kappa shape index (κ1) is 20.0. The Morgan fingerprint density at radius 2 is 1.96 bits per heavy atom. The van der Waals surface area contributed by atoms with Crippen LogP contribution in [-0.2, 0) is 4.74 Å². The lowest BCUT2D eigenvalue weighted by Crippen LogP contribution is -2.27. The van der Waals surface area contributed by atoms with E-state index in [0.717, 1.165) is 4.47 Å². The molecule has 2 aromatic rings. The molecule has 140 valence electrons. The van der Waals surface area contributed by atoms with Crippen LogP contribution in [0.25, 0.3) is 11.3 Å². The number of halogens is 1. The molecule has 26 heavy (non-hydrogen) atoms. The maximum absolute atomic E-state index is 12.2. The number of aromatic nitrogens is 2. The van der Waals surface area contributed by atoms with E-state index in [1.807, 2.05) is 19.9 Å². The van der Waals surface area contributed by atoms with Gasteiger partial charge in [-0.1, -0.05) is 15.9 Å². The maximum atomic E-state index is 12.2. The topological polar surface area (TPSA) is 96.1 Å². The molecular formula is C18H23BrN4O3. The minimum atomic E-state index is -0.590. The summed E-state index contributed by atoms with van der Waals surface area (Å²) in [6.45, 7) is 9.24. The summed E-state index contributed by atoms with van der Waals surface area (Å²) < 4.78 is 6.00. The van der Waals surface area contributed by atoms with Crippen molar-refractivity contribution in [1.82, 2.24) is 9.97 Å². The molecule has 0 saturated carbocycles. The molecule has 0 bridgehead atoms. The third-order valence-corrected chi connectivity index (χ3v) is 3.52. The Kier molecular flexibility index (Phi) is 6.07. The van der Waals surface area contributed by atoms with Gasteiger partial charge in [-0.3, -0.25) is 10.1 Å². The van der Waals surface area contributed by atoms with Crippen molar-refractivity contribution in [3.05, 3.63) is 39.2 Å². The van der Waals surface area contributed by atoms with Crippen LogP contribution >= 0.6 is 15.9 Å². The summed E-state index contributed by atoms with van der Waals surface area (Å²) in [5, 5.41) is 5.67. The van der Waals surface area contributed by atoms with E-state index in [4.69, 9.17) is 4.74 Å². The van der Waals surface area contributed by atoms with Gasteiger partial charge in [0.05, 0.1) is 11.9 Å². The Morgan fingerprint density at radius 3 is 2.54 bits per heavy atom. The summed E-state index contributed by atoms with van der Waals surface area (Å²) in [6, 6.07) is 5.40. The number of anilines is 2. The summed E-state index contributed by atoms with van der Waals surface area (Å²) in [5.74, 6) is 0.269. The highest BCUT2D eigenvalue weighted by Gasteiger charge is 2.17. The van der Waals surface area contributed by atoms with Gasteiger partial charge in [0.1, 0.15) is 5.60 Å². The highest BCUT2D eigenvalue weighted by molar-refractivity contribution is 9.10. The highest BCUT2D eigenvalue weighted by atomic mass is 79.9. The van der Waals surface area contributed by atoms with Gasteiger partial charge in [0.15, 0.2) is 5.82 Å². The molecule has 0 spiro atoms. The SMILES string of the molecule is CC(C)Nc1ncc(-c2cc(Br)cc(NC(=O)OC(C)(C)C)c2)[nH]c1=O. The number of carbonyl (C=O) groups excluding carboxylic acids is 1. The fourth-order valence-corrected chi connectivity index (χ4v) is 2.66. The molecule has 0 aliphatic rings. The highest BCUT2D eigenvalue weighted by Crippen LogP contribution is 2.26. The second-order valence-corrected chi connectivity index (χ2v) is 8.04. The molecule has 1 amide bonds. The normalized spacial score (nSPS) is 11.3. The van der Waals surface area contributed by atoms with Crippen molar-refractivity contribution in [2.45, 2.75) is 46.3 Å². The summed E-state index contributed by atoms with van der Waals surface area (Å²) >= 11 is 3.41. The number of carbonyl (C=O) groups is 1. The molecule has 1 aromatic heterocycles. The van der Waals surface area contributed by atoms with Crippen LogP contribution in [0, 0.1) is 0 Å². The van der Waals surface area contributed by atoms with Crippen molar-refractivity contribution >= 4 is 33.5 Å². The van der Waals surface area contributed by atoms with Gasteiger partial charge < -0.3 is 15.0 Å². The van der Waals surface area contributed by atoms with Gasteiger partial charge in [-0.25, -0.2) is 9.78 Å². The maximum Gasteiger partial charge on any atom is 0.412 e. The zero-order valence-corrected chi connectivity index (χ0v) is 17.0. The van der Waals surface area contributed by atoms with Gasteiger partial charge in [0, 0.05) is 21.8 Å². The van der Waals surface area contributed by atoms with Crippen molar-refractivity contribution in [3.8, 4) is 11.3 Å². The number of rotatable bonds is 4. The van der Waals surface area contributed by atoms with E-state index in [0.29, 0.717) is 16.9 Å². The average molecular weight is 423 g/mol. The molecular weight excluding hydrogens is 400 g/mol. The predicted molar refractivity (Wildman–Crippen MR) is 107 cm³/mol. The Labute approximate surface area is 160 Å². The smallest absolute Gasteiger partial charge is 0.412 e. The second kappa shape index (κ2) is 7.90. The van der Waals surface area contributed by atoms with Crippen LogP contribution in [0.2, 0.25) is 0 Å². The van der Waals surface area contributed by atoms with Crippen LogP contribution in [0.1, 0.15) is 34.6 Å². The van der Waals surface area contributed by atoms with E-state index in [2.05, 4.69) is 36.5 Å². The molecule has 0 fully saturated rings. The zero-order chi connectivity index (χ0) is 19.5. The van der Waals surface area contributed by atoms with Crippen molar-refractivity contribution in [1.29, 1.82) is 0 Å². The second-order valence-electron chi connectivity index (χ2n) is 7.13. The van der Waals surface area contributed by atoms with Gasteiger partial charge in [-0.15, -0.1) is 0 Å². The van der Waals surface area contributed by atoms with Crippen LogP contribution < -0.4 is 16.2 Å². The van der Waals surface area contributed by atoms with Crippen LogP contribution in [0.15, 0.2) is 33.7 Å². The fourth-order valence-electron chi connectivity index (χ4n) is 2.16. The molecule has 0 radical (unpaired) electrons. The quantitative estimate of drug-likeness (QED) is 0.679. The van der Waals surface area contributed by atoms with Crippen LogP contribution in [0.3, 0.4) is 0 Å².